The minimum atomic E-state index is -1.66. The summed E-state index contributed by atoms with van der Waals surface area (Å²) in [7, 11) is 0. The number of nitrogens with zero attached hydrogens (tertiary/aromatic N) is 6. The van der Waals surface area contributed by atoms with Gasteiger partial charge in [-0.2, -0.15) is 9.65 Å². The number of benzene rings is 2. The van der Waals surface area contributed by atoms with Crippen LogP contribution < -0.4 is 10.6 Å². The van der Waals surface area contributed by atoms with Gasteiger partial charge in [0.25, 0.3) is 0 Å². The molecule has 6 rings (SSSR count). The van der Waals surface area contributed by atoms with Crippen molar-refractivity contribution in [3.05, 3.63) is 95.7 Å². The van der Waals surface area contributed by atoms with Crippen molar-refractivity contribution in [2.45, 2.75) is 45.7 Å². The van der Waals surface area contributed by atoms with E-state index in [0.29, 0.717) is 56.8 Å². The van der Waals surface area contributed by atoms with E-state index in [1.54, 1.807) is 29.1 Å². The molecular weight excluding hydrogens is 534 g/mol. The quantitative estimate of drug-likeness (QED) is 0.195. The van der Waals surface area contributed by atoms with Crippen molar-refractivity contribution in [3.8, 4) is 17.2 Å². The van der Waals surface area contributed by atoms with Crippen LogP contribution in [0.2, 0.25) is 0 Å². The first-order chi connectivity index (χ1) is 20.5. The lowest BCUT2D eigenvalue weighted by atomic mass is 9.95. The lowest BCUT2D eigenvalue weighted by molar-refractivity contribution is 0.443. The van der Waals surface area contributed by atoms with Gasteiger partial charge in [0.15, 0.2) is 0 Å². The maximum atomic E-state index is 14.0. The second-order valence-corrected chi connectivity index (χ2v) is 11.7. The van der Waals surface area contributed by atoms with Crippen molar-refractivity contribution in [2.75, 3.05) is 17.2 Å². The van der Waals surface area contributed by atoms with Gasteiger partial charge in [-0.3, -0.25) is 4.98 Å². The fourth-order valence-electron chi connectivity index (χ4n) is 4.71. The Hall–Kier alpha value is -4.91. The van der Waals surface area contributed by atoms with Crippen LogP contribution >= 0.6 is 0 Å². The van der Waals surface area contributed by atoms with Gasteiger partial charge in [-0.15, -0.1) is 5.10 Å². The van der Waals surface area contributed by atoms with E-state index in [0.717, 1.165) is 12.8 Å². The summed E-state index contributed by atoms with van der Waals surface area (Å²) in [6.07, 6.45) is 6.68. The average molecular weight is 566 g/mol. The Morgan fingerprint density at radius 1 is 1.10 bits per heavy atom. The third-order valence-electron chi connectivity index (χ3n) is 7.02. The van der Waals surface area contributed by atoms with Gasteiger partial charge in [-0.05, 0) is 60.2 Å². The second-order valence-electron chi connectivity index (χ2n) is 11.7. The summed E-state index contributed by atoms with van der Waals surface area (Å²) in [5.41, 5.74) is 3.97. The summed E-state index contributed by atoms with van der Waals surface area (Å²) in [6, 6.07) is 13.0. The van der Waals surface area contributed by atoms with Gasteiger partial charge in [0.1, 0.15) is 17.6 Å². The van der Waals surface area contributed by atoms with Crippen LogP contribution in [0.1, 0.15) is 63.9 Å². The summed E-state index contributed by atoms with van der Waals surface area (Å²) in [4.78, 5) is 8.47. The minimum Gasteiger partial charge on any atom is -0.383 e. The number of nitrogens with one attached hydrogen (secondary N) is 2. The van der Waals surface area contributed by atoms with Gasteiger partial charge < -0.3 is 10.6 Å². The van der Waals surface area contributed by atoms with Gasteiger partial charge in [-0.25, -0.2) is 14.1 Å². The monoisotopic (exact) mass is 565 g/mol. The SMILES string of the molecule is [2H]C(Nc1cc(-c2ccc(F)nc2)c2ncc(C#N)c(NCC(C)(C)C)c2c1)(c1ccc(F)cc1)c1cn(C2CC2)nn1. The summed E-state index contributed by atoms with van der Waals surface area (Å²) in [5.74, 6) is -1.04. The van der Waals surface area contributed by atoms with Crippen molar-refractivity contribution in [1.29, 1.82) is 5.26 Å². The first-order valence-electron chi connectivity index (χ1n) is 14.2. The van der Waals surface area contributed by atoms with E-state index >= 15 is 0 Å². The van der Waals surface area contributed by atoms with E-state index in [2.05, 4.69) is 57.8 Å². The van der Waals surface area contributed by atoms with E-state index < -0.39 is 17.8 Å². The van der Waals surface area contributed by atoms with E-state index in [4.69, 9.17) is 0 Å². The highest BCUT2D eigenvalue weighted by Gasteiger charge is 2.27. The molecule has 2 aromatic carbocycles. The number of aromatic nitrogens is 5. The molecule has 8 nitrogen and oxygen atoms in total. The molecule has 0 radical (unpaired) electrons. The molecule has 1 unspecified atom stereocenters. The number of anilines is 2. The maximum Gasteiger partial charge on any atom is 0.212 e. The Kier molecular flexibility index (Phi) is 6.70. The molecular formula is C32H30F2N8. The number of fused-ring (bicyclic) bond motifs is 1. The highest BCUT2D eigenvalue weighted by molar-refractivity contribution is 6.04. The van der Waals surface area contributed by atoms with E-state index in [-0.39, 0.29) is 11.5 Å². The summed E-state index contributed by atoms with van der Waals surface area (Å²) >= 11 is 0. The Bertz CT molecular complexity index is 1840. The molecule has 0 spiro atoms. The molecule has 1 aliphatic carbocycles. The highest BCUT2D eigenvalue weighted by Crippen LogP contribution is 2.39. The fraction of sp³-hybridized carbons (Fsp3) is 0.281. The zero-order valence-electron chi connectivity index (χ0n) is 24.5. The molecule has 0 amide bonds. The molecule has 212 valence electrons. The third kappa shape index (κ3) is 5.77. The van der Waals surface area contributed by atoms with Gasteiger partial charge in [-0.1, -0.05) is 38.1 Å². The normalized spacial score (nSPS) is 15.1. The van der Waals surface area contributed by atoms with Crippen LogP contribution in [0.3, 0.4) is 0 Å². The molecule has 0 saturated heterocycles. The lowest BCUT2D eigenvalue weighted by Crippen LogP contribution is -2.20. The molecule has 42 heavy (non-hydrogen) atoms. The minimum absolute atomic E-state index is 0.0891. The standard InChI is InChI=1S/C32H30F2N8/c1-32(2,3)18-38-29-21(14-35)16-37-31-25(20-6-11-28(34)36-15-20)12-23(13-26(29)31)39-30(19-4-7-22(33)8-5-19)27-17-42(41-40-27)24-9-10-24/h4-8,11-13,15-17,24,30,39H,9-10,18H2,1-3H3,(H,37,38)/i30D. The number of halogens is 2. The van der Waals surface area contributed by atoms with Crippen LogP contribution in [0.25, 0.3) is 22.0 Å². The number of hydrogen-bond acceptors (Lipinski definition) is 7. The molecule has 5 aromatic rings. The lowest BCUT2D eigenvalue weighted by Gasteiger charge is -2.23. The van der Waals surface area contributed by atoms with Crippen LogP contribution in [0.5, 0.6) is 0 Å². The Labute approximate surface area is 243 Å². The Morgan fingerprint density at radius 2 is 1.88 bits per heavy atom. The molecule has 3 aromatic heterocycles. The third-order valence-corrected chi connectivity index (χ3v) is 7.02. The molecule has 0 bridgehead atoms. The first-order valence-corrected chi connectivity index (χ1v) is 13.7. The fourth-order valence-corrected chi connectivity index (χ4v) is 4.71. The molecule has 1 saturated carbocycles. The van der Waals surface area contributed by atoms with Gasteiger partial charge in [0.2, 0.25) is 5.95 Å². The zero-order chi connectivity index (χ0) is 30.4. The van der Waals surface area contributed by atoms with E-state index in [9.17, 15) is 15.4 Å². The summed E-state index contributed by atoms with van der Waals surface area (Å²) in [6.45, 7) is 6.84. The van der Waals surface area contributed by atoms with Crippen LogP contribution in [0.15, 0.2) is 67.1 Å². The van der Waals surface area contributed by atoms with Gasteiger partial charge >= 0.3 is 0 Å². The number of nitriles is 1. The molecule has 10 heteroatoms. The van der Waals surface area contributed by atoms with Crippen molar-refractivity contribution >= 4 is 22.3 Å². The van der Waals surface area contributed by atoms with Crippen molar-refractivity contribution in [2.24, 2.45) is 5.41 Å². The number of rotatable bonds is 8. The Balaban J connectivity index is 1.55. The summed E-state index contributed by atoms with van der Waals surface area (Å²) < 4.78 is 39.2. The van der Waals surface area contributed by atoms with Crippen molar-refractivity contribution < 1.29 is 10.2 Å². The van der Waals surface area contributed by atoms with Crippen molar-refractivity contribution in [3.63, 3.8) is 0 Å². The molecule has 1 aliphatic rings. The van der Waals surface area contributed by atoms with E-state index in [1.807, 2.05) is 12.1 Å². The van der Waals surface area contributed by atoms with Crippen LogP contribution in [-0.2, 0) is 0 Å². The number of pyridine rings is 2. The van der Waals surface area contributed by atoms with Crippen LogP contribution in [0.4, 0.5) is 20.2 Å². The smallest absolute Gasteiger partial charge is 0.212 e. The maximum absolute atomic E-state index is 14.0. The average Bonchev–Trinajstić information content (AvgIpc) is 3.71. The van der Waals surface area contributed by atoms with Gasteiger partial charge in [0, 0.05) is 41.1 Å². The van der Waals surface area contributed by atoms with E-state index in [1.165, 1.54) is 30.6 Å². The predicted molar refractivity (Wildman–Crippen MR) is 158 cm³/mol. The second kappa shape index (κ2) is 10.8. The molecule has 1 fully saturated rings. The largest absolute Gasteiger partial charge is 0.383 e. The van der Waals surface area contributed by atoms with Gasteiger partial charge in [0.05, 0.1) is 36.4 Å². The topological polar surface area (TPSA) is 104 Å². The number of hydrogen-bond donors (Lipinski definition) is 2. The zero-order valence-corrected chi connectivity index (χ0v) is 23.5. The molecule has 2 N–H and O–H groups in total. The summed E-state index contributed by atoms with van der Waals surface area (Å²) in [5, 5.41) is 26.0. The Morgan fingerprint density at radius 3 is 2.55 bits per heavy atom. The van der Waals surface area contributed by atoms with Crippen molar-refractivity contribution in [1.82, 2.24) is 25.0 Å². The molecule has 0 aliphatic heterocycles. The predicted octanol–water partition coefficient (Wildman–Crippen LogP) is 7.03. The van der Waals surface area contributed by atoms with Crippen LogP contribution in [0, 0.1) is 28.5 Å². The highest BCUT2D eigenvalue weighted by atomic mass is 19.1. The molecule has 3 heterocycles. The molecule has 1 atom stereocenters. The first kappa shape index (κ1) is 26.0. The van der Waals surface area contributed by atoms with Crippen LogP contribution in [-0.4, -0.2) is 31.5 Å².